The fourth-order valence-electron chi connectivity index (χ4n) is 2.27. The second-order valence-corrected chi connectivity index (χ2v) is 4.40. The number of carbonyl (C=O) groups is 4. The van der Waals surface area contributed by atoms with Gasteiger partial charge >= 0.3 is 12.0 Å². The lowest BCUT2D eigenvalue weighted by atomic mass is 9.70. The molecule has 1 aliphatic heterocycles. The monoisotopic (exact) mass is 256 g/mol. The van der Waals surface area contributed by atoms with Gasteiger partial charge in [0.2, 0.25) is 11.8 Å². The van der Waals surface area contributed by atoms with E-state index in [2.05, 4.69) is 10.6 Å². The number of amides is 4. The van der Waals surface area contributed by atoms with E-state index in [1.807, 2.05) is 0 Å². The van der Waals surface area contributed by atoms with E-state index in [4.69, 9.17) is 5.11 Å². The number of rotatable bonds is 5. The second-order valence-electron chi connectivity index (χ2n) is 4.40. The van der Waals surface area contributed by atoms with E-state index in [1.165, 1.54) is 0 Å². The lowest BCUT2D eigenvalue weighted by molar-refractivity contribution is -0.150. The predicted octanol–water partition coefficient (Wildman–Crippen LogP) is 0.250. The average Bonchev–Trinajstić information content (AvgIpc) is 2.26. The number of aliphatic carboxylic acids is 1. The van der Waals surface area contributed by atoms with Crippen LogP contribution < -0.4 is 10.6 Å². The van der Waals surface area contributed by atoms with Crippen molar-refractivity contribution in [1.29, 1.82) is 0 Å². The maximum atomic E-state index is 11.9. The molecule has 7 nitrogen and oxygen atoms in total. The van der Waals surface area contributed by atoms with Crippen LogP contribution >= 0.6 is 0 Å². The van der Waals surface area contributed by atoms with Crippen LogP contribution in [0.2, 0.25) is 0 Å². The van der Waals surface area contributed by atoms with E-state index in [0.717, 1.165) is 0 Å². The zero-order valence-electron chi connectivity index (χ0n) is 10.3. The first kappa shape index (κ1) is 14.1. The molecule has 1 aliphatic rings. The summed E-state index contributed by atoms with van der Waals surface area (Å²) in [6, 6.07) is -0.834. The van der Waals surface area contributed by atoms with Gasteiger partial charge in [0.25, 0.3) is 0 Å². The molecule has 1 atom stereocenters. The van der Waals surface area contributed by atoms with E-state index >= 15 is 0 Å². The Balaban J connectivity index is 2.95. The molecule has 0 bridgehead atoms. The molecule has 1 rings (SSSR count). The fourth-order valence-corrected chi connectivity index (χ4v) is 2.27. The van der Waals surface area contributed by atoms with Gasteiger partial charge in [-0.1, -0.05) is 13.8 Å². The van der Waals surface area contributed by atoms with Gasteiger partial charge in [-0.2, -0.15) is 0 Å². The zero-order chi connectivity index (χ0) is 13.9. The standard InChI is InChI=1S/C11H16N2O5/c1-3-11(6(2)4-5-7(14)15)8(16)12-10(18)13-9(11)17/h6H,3-5H2,1-2H3,(H,14,15)(H2,12,13,16,17,18). The number of imide groups is 2. The van der Waals surface area contributed by atoms with E-state index in [1.54, 1.807) is 13.8 Å². The van der Waals surface area contributed by atoms with Gasteiger partial charge in [0, 0.05) is 6.42 Å². The SMILES string of the molecule is CCC1(C(C)CCC(=O)O)C(=O)NC(=O)NC1=O. The Morgan fingerprint density at radius 3 is 2.17 bits per heavy atom. The molecule has 1 fully saturated rings. The molecule has 18 heavy (non-hydrogen) atoms. The molecule has 7 heteroatoms. The smallest absolute Gasteiger partial charge is 0.328 e. The minimum absolute atomic E-state index is 0.128. The minimum Gasteiger partial charge on any atom is -0.481 e. The molecule has 0 saturated carbocycles. The van der Waals surface area contributed by atoms with Crippen LogP contribution in [0.3, 0.4) is 0 Å². The lowest BCUT2D eigenvalue weighted by Crippen LogP contribution is -2.64. The third-order valence-electron chi connectivity index (χ3n) is 3.45. The molecule has 1 heterocycles. The Hall–Kier alpha value is -1.92. The molecule has 0 radical (unpaired) electrons. The van der Waals surface area contributed by atoms with Crippen molar-refractivity contribution in [3.63, 3.8) is 0 Å². The molecule has 0 aliphatic carbocycles. The Kier molecular flexibility index (Phi) is 4.05. The van der Waals surface area contributed by atoms with Gasteiger partial charge in [0.1, 0.15) is 5.41 Å². The minimum atomic E-state index is -1.37. The largest absolute Gasteiger partial charge is 0.481 e. The summed E-state index contributed by atoms with van der Waals surface area (Å²) in [5.74, 6) is -2.76. The number of hydrogen-bond donors (Lipinski definition) is 3. The number of carboxylic acid groups (broad SMARTS) is 1. The Bertz CT molecular complexity index is 384. The number of barbiturate groups is 1. The predicted molar refractivity (Wildman–Crippen MR) is 60.4 cm³/mol. The molecule has 3 N–H and O–H groups in total. The summed E-state index contributed by atoms with van der Waals surface area (Å²) in [5.41, 5.74) is -1.37. The summed E-state index contributed by atoms with van der Waals surface area (Å²) in [4.78, 5) is 45.4. The van der Waals surface area contributed by atoms with Crippen LogP contribution in [0.5, 0.6) is 0 Å². The van der Waals surface area contributed by atoms with Crippen LogP contribution in [-0.4, -0.2) is 28.9 Å². The first-order valence-electron chi connectivity index (χ1n) is 5.73. The zero-order valence-corrected chi connectivity index (χ0v) is 10.3. The summed E-state index contributed by atoms with van der Waals surface area (Å²) in [6.45, 7) is 3.30. The summed E-state index contributed by atoms with van der Waals surface area (Å²) < 4.78 is 0. The Morgan fingerprint density at radius 2 is 1.78 bits per heavy atom. The summed E-state index contributed by atoms with van der Waals surface area (Å²) in [5, 5.41) is 12.8. The van der Waals surface area contributed by atoms with Crippen molar-refractivity contribution in [3.05, 3.63) is 0 Å². The maximum Gasteiger partial charge on any atom is 0.328 e. The van der Waals surface area contributed by atoms with Crippen LogP contribution in [0, 0.1) is 11.3 Å². The molecule has 0 aromatic rings. The molecular weight excluding hydrogens is 240 g/mol. The first-order chi connectivity index (χ1) is 8.34. The van der Waals surface area contributed by atoms with Crippen molar-refractivity contribution in [2.75, 3.05) is 0 Å². The highest BCUT2D eigenvalue weighted by atomic mass is 16.4. The van der Waals surface area contributed by atoms with Crippen molar-refractivity contribution in [2.24, 2.45) is 11.3 Å². The van der Waals surface area contributed by atoms with E-state index in [9.17, 15) is 19.2 Å². The molecule has 1 saturated heterocycles. The maximum absolute atomic E-state index is 11.9. The second kappa shape index (κ2) is 5.16. The van der Waals surface area contributed by atoms with Gasteiger partial charge in [0.05, 0.1) is 0 Å². The van der Waals surface area contributed by atoms with Crippen LogP contribution in [0.4, 0.5) is 4.79 Å². The quantitative estimate of drug-likeness (QED) is 0.610. The highest BCUT2D eigenvalue weighted by Gasteiger charge is 2.52. The molecule has 100 valence electrons. The number of nitrogens with one attached hydrogen (secondary N) is 2. The summed E-state index contributed by atoms with van der Waals surface area (Å²) >= 11 is 0. The Morgan fingerprint density at radius 1 is 1.28 bits per heavy atom. The van der Waals surface area contributed by atoms with Gasteiger partial charge in [0.15, 0.2) is 0 Å². The lowest BCUT2D eigenvalue weighted by Gasteiger charge is -2.37. The van der Waals surface area contributed by atoms with Gasteiger partial charge < -0.3 is 5.11 Å². The van der Waals surface area contributed by atoms with Crippen LogP contribution in [0.1, 0.15) is 33.1 Å². The van der Waals surface area contributed by atoms with Crippen molar-refractivity contribution >= 4 is 23.8 Å². The highest BCUT2D eigenvalue weighted by molar-refractivity contribution is 6.19. The van der Waals surface area contributed by atoms with Crippen molar-refractivity contribution in [1.82, 2.24) is 10.6 Å². The van der Waals surface area contributed by atoms with E-state index < -0.39 is 35.1 Å². The van der Waals surface area contributed by atoms with Crippen molar-refractivity contribution in [3.8, 4) is 0 Å². The summed E-state index contributed by atoms with van der Waals surface area (Å²) in [6.07, 6.45) is 0.272. The molecule has 0 spiro atoms. The first-order valence-corrected chi connectivity index (χ1v) is 5.73. The molecular formula is C11H16N2O5. The molecule has 4 amide bonds. The Labute approximate surface area is 104 Å². The van der Waals surface area contributed by atoms with Gasteiger partial charge in [-0.05, 0) is 18.8 Å². The number of hydrogen-bond acceptors (Lipinski definition) is 4. The van der Waals surface area contributed by atoms with E-state index in [-0.39, 0.29) is 19.3 Å². The molecule has 1 unspecified atom stereocenters. The summed E-state index contributed by atoms with van der Waals surface area (Å²) in [7, 11) is 0. The van der Waals surface area contributed by atoms with Crippen LogP contribution in [0.25, 0.3) is 0 Å². The number of urea groups is 1. The normalized spacial score (nSPS) is 20.0. The number of carbonyl (C=O) groups excluding carboxylic acids is 3. The van der Waals surface area contributed by atoms with Gasteiger partial charge in [-0.3, -0.25) is 25.0 Å². The van der Waals surface area contributed by atoms with Crippen molar-refractivity contribution in [2.45, 2.75) is 33.1 Å². The van der Waals surface area contributed by atoms with Gasteiger partial charge in [-0.15, -0.1) is 0 Å². The highest BCUT2D eigenvalue weighted by Crippen LogP contribution is 2.36. The molecule has 0 aromatic heterocycles. The average molecular weight is 256 g/mol. The fraction of sp³-hybridized carbons (Fsp3) is 0.636. The third-order valence-corrected chi connectivity index (χ3v) is 3.45. The van der Waals surface area contributed by atoms with Gasteiger partial charge in [-0.25, -0.2) is 4.79 Å². The van der Waals surface area contributed by atoms with Crippen LogP contribution in [0.15, 0.2) is 0 Å². The molecule has 0 aromatic carbocycles. The number of carboxylic acids is 1. The van der Waals surface area contributed by atoms with E-state index in [0.29, 0.717) is 0 Å². The van der Waals surface area contributed by atoms with Crippen molar-refractivity contribution < 1.29 is 24.3 Å². The topological polar surface area (TPSA) is 113 Å². The third kappa shape index (κ3) is 2.34. The van der Waals surface area contributed by atoms with Crippen LogP contribution in [-0.2, 0) is 14.4 Å².